The fraction of sp³-hybridized carbons (Fsp3) is 0.625. The van der Waals surface area contributed by atoms with Crippen molar-refractivity contribution in [3.8, 4) is 0 Å². The summed E-state index contributed by atoms with van der Waals surface area (Å²) in [5, 5.41) is 22.4. The van der Waals surface area contributed by atoms with Crippen molar-refractivity contribution in [1.29, 1.82) is 0 Å². The lowest BCUT2D eigenvalue weighted by Gasteiger charge is -2.06. The first kappa shape index (κ1) is 23.5. The van der Waals surface area contributed by atoms with Gasteiger partial charge in [0, 0.05) is 25.2 Å². The van der Waals surface area contributed by atoms with E-state index in [0.29, 0.717) is 51.6 Å². The largest absolute Gasteiger partial charge is 0.480 e. The Bertz CT molecular complexity index is 465. The zero-order valence-electron chi connectivity index (χ0n) is 14.6. The highest BCUT2D eigenvalue weighted by Gasteiger charge is 2.10. The summed E-state index contributed by atoms with van der Waals surface area (Å²) < 4.78 is 0. The van der Waals surface area contributed by atoms with Gasteiger partial charge in [-0.3, -0.25) is 19.2 Å². The molecule has 0 aromatic heterocycles. The van der Waals surface area contributed by atoms with Gasteiger partial charge in [-0.25, -0.2) is 0 Å². The molecule has 0 aliphatic heterocycles. The van der Waals surface area contributed by atoms with Crippen LogP contribution in [0.5, 0.6) is 0 Å². The van der Waals surface area contributed by atoms with Gasteiger partial charge in [0.1, 0.15) is 12.1 Å². The summed E-state index contributed by atoms with van der Waals surface area (Å²) in [5.41, 5.74) is 10.7. The van der Waals surface area contributed by atoms with Crippen LogP contribution in [-0.4, -0.2) is 59.1 Å². The molecule has 8 N–H and O–H groups in total. The minimum absolute atomic E-state index is 0.334. The lowest BCUT2D eigenvalue weighted by Crippen LogP contribution is -2.30. The summed E-state index contributed by atoms with van der Waals surface area (Å²) in [7, 11) is 0. The third-order valence-electron chi connectivity index (χ3n) is 3.50. The van der Waals surface area contributed by atoms with Crippen molar-refractivity contribution >= 4 is 23.8 Å². The molecule has 0 aromatic carbocycles. The molecule has 10 heteroatoms. The van der Waals surface area contributed by atoms with E-state index in [0.717, 1.165) is 12.2 Å². The third kappa shape index (κ3) is 12.9. The molecule has 0 bridgehead atoms. The van der Waals surface area contributed by atoms with E-state index in [1.165, 1.54) is 0 Å². The van der Waals surface area contributed by atoms with E-state index in [4.69, 9.17) is 21.7 Å². The van der Waals surface area contributed by atoms with Crippen molar-refractivity contribution in [2.24, 2.45) is 11.5 Å². The van der Waals surface area contributed by atoms with Gasteiger partial charge in [-0.15, -0.1) is 0 Å². The number of hydrogen-bond acceptors (Lipinski definition) is 6. The van der Waals surface area contributed by atoms with Crippen molar-refractivity contribution in [3.05, 3.63) is 12.2 Å². The number of carbonyl (C=O) groups excluding carboxylic acids is 2. The molecule has 0 saturated carbocycles. The van der Waals surface area contributed by atoms with Gasteiger partial charge in [0.25, 0.3) is 0 Å². The molecule has 0 aliphatic rings. The highest BCUT2D eigenvalue weighted by atomic mass is 16.4. The molecule has 0 rings (SSSR count). The number of amides is 2. The first-order chi connectivity index (χ1) is 12.2. The van der Waals surface area contributed by atoms with Crippen molar-refractivity contribution in [1.82, 2.24) is 10.6 Å². The van der Waals surface area contributed by atoms with Gasteiger partial charge in [-0.05, 0) is 38.5 Å². The first-order valence-electron chi connectivity index (χ1n) is 8.44. The summed E-state index contributed by atoms with van der Waals surface area (Å²) >= 11 is 0. The van der Waals surface area contributed by atoms with Gasteiger partial charge in [-0.2, -0.15) is 0 Å². The smallest absolute Gasteiger partial charge is 0.320 e. The summed E-state index contributed by atoms with van der Waals surface area (Å²) in [6, 6.07) is -1.79. The van der Waals surface area contributed by atoms with E-state index in [1.807, 2.05) is 0 Å². The summed E-state index contributed by atoms with van der Waals surface area (Å²) in [5.74, 6) is -2.94. The van der Waals surface area contributed by atoms with E-state index in [2.05, 4.69) is 10.6 Å². The number of unbranched alkanes of at least 4 members (excludes halogenated alkanes) is 2. The van der Waals surface area contributed by atoms with Crippen molar-refractivity contribution < 1.29 is 29.4 Å². The van der Waals surface area contributed by atoms with E-state index in [1.54, 1.807) is 0 Å². The van der Waals surface area contributed by atoms with Gasteiger partial charge >= 0.3 is 11.9 Å². The number of rotatable bonds is 14. The molecule has 0 aromatic rings. The molecule has 2 atom stereocenters. The van der Waals surface area contributed by atoms with Crippen LogP contribution in [0.15, 0.2) is 12.2 Å². The summed E-state index contributed by atoms with van der Waals surface area (Å²) in [6.07, 6.45) is 5.21. The molecule has 2 amide bonds. The fourth-order valence-electron chi connectivity index (χ4n) is 1.92. The maximum Gasteiger partial charge on any atom is 0.320 e. The second kappa shape index (κ2) is 13.8. The maximum atomic E-state index is 11.5. The lowest BCUT2D eigenvalue weighted by molar-refractivity contribution is -0.139. The van der Waals surface area contributed by atoms with Gasteiger partial charge < -0.3 is 32.3 Å². The molecule has 0 saturated heterocycles. The van der Waals surface area contributed by atoms with Crippen LogP contribution in [0.25, 0.3) is 0 Å². The molecule has 26 heavy (non-hydrogen) atoms. The molecule has 0 aliphatic carbocycles. The van der Waals surface area contributed by atoms with E-state index < -0.39 is 35.8 Å². The quantitative estimate of drug-likeness (QED) is 0.164. The lowest BCUT2D eigenvalue weighted by atomic mass is 10.1. The van der Waals surface area contributed by atoms with Crippen LogP contribution in [0, 0.1) is 0 Å². The molecule has 0 heterocycles. The first-order valence-corrected chi connectivity index (χ1v) is 8.44. The van der Waals surface area contributed by atoms with Crippen LogP contribution in [0.4, 0.5) is 0 Å². The number of hydrogen-bond donors (Lipinski definition) is 6. The minimum atomic E-state index is -1.05. The van der Waals surface area contributed by atoms with Crippen LogP contribution in [0.1, 0.15) is 38.5 Å². The molecule has 0 spiro atoms. The average Bonchev–Trinajstić information content (AvgIpc) is 2.58. The Labute approximate surface area is 152 Å². The molecule has 0 unspecified atom stereocenters. The van der Waals surface area contributed by atoms with Gasteiger partial charge in [0.15, 0.2) is 0 Å². The van der Waals surface area contributed by atoms with Crippen LogP contribution in [0.3, 0.4) is 0 Å². The highest BCUT2D eigenvalue weighted by Crippen LogP contribution is 1.99. The predicted octanol–water partition coefficient (Wildman–Crippen LogP) is -1.06. The Hall–Kier alpha value is -2.46. The number of nitrogens with two attached hydrogens (primary N) is 2. The number of nitrogens with one attached hydrogen (secondary N) is 2. The Morgan fingerprint density at radius 2 is 1.08 bits per heavy atom. The molecular formula is C16H28N4O6. The monoisotopic (exact) mass is 372 g/mol. The predicted molar refractivity (Wildman–Crippen MR) is 94.1 cm³/mol. The summed E-state index contributed by atoms with van der Waals surface area (Å²) in [6.45, 7) is 0.724. The molecule has 148 valence electrons. The maximum absolute atomic E-state index is 11.5. The van der Waals surface area contributed by atoms with Crippen molar-refractivity contribution in [2.45, 2.75) is 50.6 Å². The average molecular weight is 372 g/mol. The standard InChI is InChI=1S/C16H28N4O6/c17-11(15(23)24)5-1-3-9-19-13(21)7-8-14(22)20-10-4-2-6-12(18)16(25)26/h7-8,11-12H,1-6,9-10,17-18H2,(H,19,21)(H,20,22)(H,23,24)(H,25,26)/b8-7+/t11-,12-/m0/s1. The van der Waals surface area contributed by atoms with Gasteiger partial charge in [-0.1, -0.05) is 0 Å². The number of carboxylic acid groups (broad SMARTS) is 2. The Balaban J connectivity index is 3.71. The van der Waals surface area contributed by atoms with Gasteiger partial charge in [0.05, 0.1) is 0 Å². The number of aliphatic carboxylic acids is 2. The SMILES string of the molecule is N[C@@H](CCCCNC(=O)/C=C/C(=O)NCCCC[C@H](N)C(=O)O)C(=O)O. The minimum Gasteiger partial charge on any atom is -0.480 e. The zero-order valence-corrected chi connectivity index (χ0v) is 14.6. The van der Waals surface area contributed by atoms with Crippen LogP contribution >= 0.6 is 0 Å². The van der Waals surface area contributed by atoms with Crippen LogP contribution in [0.2, 0.25) is 0 Å². The van der Waals surface area contributed by atoms with Crippen LogP contribution in [-0.2, 0) is 19.2 Å². The Morgan fingerprint density at radius 3 is 1.38 bits per heavy atom. The van der Waals surface area contributed by atoms with E-state index in [9.17, 15) is 19.2 Å². The van der Waals surface area contributed by atoms with Crippen molar-refractivity contribution in [2.75, 3.05) is 13.1 Å². The van der Waals surface area contributed by atoms with Crippen molar-refractivity contribution in [3.63, 3.8) is 0 Å². The number of carbonyl (C=O) groups is 4. The molecule has 0 radical (unpaired) electrons. The topological polar surface area (TPSA) is 185 Å². The molecular weight excluding hydrogens is 344 g/mol. The second-order valence-electron chi connectivity index (χ2n) is 5.80. The van der Waals surface area contributed by atoms with Crippen LogP contribution < -0.4 is 22.1 Å². The van der Waals surface area contributed by atoms with E-state index in [-0.39, 0.29) is 0 Å². The Kier molecular flexibility index (Phi) is 12.5. The fourth-order valence-corrected chi connectivity index (χ4v) is 1.92. The van der Waals surface area contributed by atoms with Gasteiger partial charge in [0.2, 0.25) is 11.8 Å². The number of carboxylic acids is 2. The third-order valence-corrected chi connectivity index (χ3v) is 3.50. The second-order valence-corrected chi connectivity index (χ2v) is 5.80. The molecule has 0 fully saturated rings. The highest BCUT2D eigenvalue weighted by molar-refractivity contribution is 5.96. The van der Waals surface area contributed by atoms with E-state index >= 15 is 0 Å². The summed E-state index contributed by atoms with van der Waals surface area (Å²) in [4.78, 5) is 44.0. The Morgan fingerprint density at radius 1 is 0.731 bits per heavy atom. The molecule has 10 nitrogen and oxygen atoms in total. The zero-order chi connectivity index (χ0) is 19.9. The normalized spacial score (nSPS) is 13.2.